The molecule has 0 aliphatic carbocycles. The van der Waals surface area contributed by atoms with Crippen LogP contribution < -0.4 is 0 Å². The lowest BCUT2D eigenvalue weighted by atomic mass is 9.95. The first-order chi connectivity index (χ1) is 31.7. The molecular formula is C58H36N6. The molecule has 3 heterocycles. The Morgan fingerprint density at radius 1 is 0.344 bits per heavy atom. The molecule has 12 aromatic rings. The number of nitrogens with zero attached hydrogens (tertiary/aromatic N) is 6. The fraction of sp³-hybridized carbons (Fsp3) is 0. The van der Waals surface area contributed by atoms with Crippen molar-refractivity contribution in [3.8, 4) is 73.9 Å². The highest BCUT2D eigenvalue weighted by Crippen LogP contribution is 2.41. The monoisotopic (exact) mass is 816 g/mol. The average Bonchev–Trinajstić information content (AvgIpc) is 3.90. The quantitative estimate of drug-likeness (QED) is 0.161. The number of para-hydroxylation sites is 4. The van der Waals surface area contributed by atoms with E-state index in [1.54, 1.807) is 0 Å². The van der Waals surface area contributed by atoms with E-state index in [0.717, 1.165) is 83.0 Å². The van der Waals surface area contributed by atoms with E-state index >= 15 is 0 Å². The van der Waals surface area contributed by atoms with Crippen LogP contribution in [0.4, 0.5) is 0 Å². The van der Waals surface area contributed by atoms with Crippen LogP contribution in [0.1, 0.15) is 5.56 Å². The lowest BCUT2D eigenvalue weighted by Crippen LogP contribution is -2.07. The Morgan fingerprint density at radius 2 is 0.859 bits per heavy atom. The summed E-state index contributed by atoms with van der Waals surface area (Å²) in [5, 5.41) is 14.4. The van der Waals surface area contributed by atoms with Gasteiger partial charge in [0.15, 0.2) is 11.6 Å². The second-order valence-corrected chi connectivity index (χ2v) is 15.9. The lowest BCUT2D eigenvalue weighted by Gasteiger charge is -2.17. The predicted octanol–water partition coefficient (Wildman–Crippen LogP) is 14.3. The zero-order chi connectivity index (χ0) is 42.6. The van der Waals surface area contributed by atoms with Gasteiger partial charge >= 0.3 is 0 Å². The average molecular weight is 817 g/mol. The van der Waals surface area contributed by atoms with Crippen LogP contribution >= 0.6 is 0 Å². The highest BCUT2D eigenvalue weighted by atomic mass is 15.2. The van der Waals surface area contributed by atoms with Crippen LogP contribution in [0.25, 0.3) is 111 Å². The summed E-state index contributed by atoms with van der Waals surface area (Å²) in [4.78, 5) is 15.9. The molecule has 9 aromatic carbocycles. The van der Waals surface area contributed by atoms with E-state index < -0.39 is 0 Å². The van der Waals surface area contributed by atoms with E-state index in [1.807, 2.05) is 54.6 Å². The van der Waals surface area contributed by atoms with Crippen molar-refractivity contribution >= 4 is 43.6 Å². The molecule has 0 atom stereocenters. The maximum Gasteiger partial charge on any atom is 0.238 e. The summed E-state index contributed by atoms with van der Waals surface area (Å²) in [5.74, 6) is 1.68. The van der Waals surface area contributed by atoms with Gasteiger partial charge in [-0.1, -0.05) is 170 Å². The van der Waals surface area contributed by atoms with Gasteiger partial charge in [-0.15, -0.1) is 0 Å². The first-order valence-electron chi connectivity index (χ1n) is 21.3. The van der Waals surface area contributed by atoms with Crippen LogP contribution in [0.3, 0.4) is 0 Å². The van der Waals surface area contributed by atoms with Crippen molar-refractivity contribution in [1.82, 2.24) is 24.1 Å². The zero-order valence-electron chi connectivity index (χ0n) is 34.5. The minimum atomic E-state index is 0.536. The van der Waals surface area contributed by atoms with E-state index in [1.165, 1.54) is 10.8 Å². The predicted molar refractivity (Wildman–Crippen MR) is 260 cm³/mol. The molecule has 64 heavy (non-hydrogen) atoms. The number of aromatic nitrogens is 5. The molecule has 298 valence electrons. The normalized spacial score (nSPS) is 11.4. The van der Waals surface area contributed by atoms with Crippen molar-refractivity contribution < 1.29 is 0 Å². The molecule has 6 nitrogen and oxygen atoms in total. The standard InChI is InChI=1S/C58H36N6/c59-37-38-16-13-21-41(34-38)42-32-33-54(63-51-29-10-7-24-46(51)47-25-8-11-30-52(47)63)50(36-42)43-22-14-23-44(35-43)57-60-56(40-19-5-2-6-20-40)61-58(62-57)64-53-31-12-9-26-48(53)49-28-15-27-45(55(49)64)39-17-3-1-4-18-39/h1-36H. The van der Waals surface area contributed by atoms with Crippen LogP contribution in [-0.2, 0) is 0 Å². The van der Waals surface area contributed by atoms with Gasteiger partial charge in [0, 0.05) is 43.8 Å². The molecule has 0 spiro atoms. The molecule has 0 saturated heterocycles. The molecule has 0 bridgehead atoms. The fourth-order valence-electron chi connectivity index (χ4n) is 9.31. The summed E-state index contributed by atoms with van der Waals surface area (Å²) in [6, 6.07) is 78.0. The SMILES string of the molecule is N#Cc1cccc(-c2ccc(-n3c4ccccc4c4ccccc43)c(-c3cccc(-c4nc(-c5ccccc5)nc(-n5c6ccccc6c6cccc(-c7ccccc7)c65)n4)c3)c2)c1. The second-order valence-electron chi connectivity index (χ2n) is 15.9. The molecule has 0 saturated carbocycles. The fourth-order valence-corrected chi connectivity index (χ4v) is 9.31. The third-order valence-corrected chi connectivity index (χ3v) is 12.2. The third-order valence-electron chi connectivity index (χ3n) is 12.2. The van der Waals surface area contributed by atoms with E-state index in [9.17, 15) is 5.26 Å². The Hall–Kier alpha value is -8.92. The molecule has 0 radical (unpaired) electrons. The van der Waals surface area contributed by atoms with Gasteiger partial charge in [-0.05, 0) is 70.8 Å². The Labute approximate surface area is 369 Å². The molecule has 0 aliphatic rings. The van der Waals surface area contributed by atoms with E-state index in [0.29, 0.717) is 23.2 Å². The number of hydrogen-bond acceptors (Lipinski definition) is 4. The van der Waals surface area contributed by atoms with Gasteiger partial charge < -0.3 is 4.57 Å². The number of benzene rings is 9. The summed E-state index contributed by atoms with van der Waals surface area (Å²) in [5.41, 5.74) is 13.9. The largest absolute Gasteiger partial charge is 0.309 e. The summed E-state index contributed by atoms with van der Waals surface area (Å²) in [6.45, 7) is 0. The number of rotatable bonds is 7. The highest BCUT2D eigenvalue weighted by Gasteiger charge is 2.22. The van der Waals surface area contributed by atoms with Crippen LogP contribution in [0.5, 0.6) is 0 Å². The van der Waals surface area contributed by atoms with Crippen LogP contribution in [0.2, 0.25) is 0 Å². The molecule has 0 amide bonds. The first kappa shape index (κ1) is 36.9. The van der Waals surface area contributed by atoms with Crippen molar-refractivity contribution in [1.29, 1.82) is 5.26 Å². The molecule has 0 N–H and O–H groups in total. The Balaban J connectivity index is 1.10. The van der Waals surface area contributed by atoms with E-state index in [4.69, 9.17) is 15.0 Å². The van der Waals surface area contributed by atoms with Gasteiger partial charge in [0.2, 0.25) is 5.95 Å². The number of fused-ring (bicyclic) bond motifs is 6. The second kappa shape index (κ2) is 15.2. The first-order valence-corrected chi connectivity index (χ1v) is 21.3. The number of hydrogen-bond donors (Lipinski definition) is 0. The van der Waals surface area contributed by atoms with Crippen molar-refractivity contribution in [2.24, 2.45) is 0 Å². The molecule has 6 heteroatoms. The van der Waals surface area contributed by atoms with Gasteiger partial charge in [-0.3, -0.25) is 4.57 Å². The van der Waals surface area contributed by atoms with Crippen LogP contribution in [0.15, 0.2) is 218 Å². The van der Waals surface area contributed by atoms with Crippen molar-refractivity contribution in [3.05, 3.63) is 224 Å². The smallest absolute Gasteiger partial charge is 0.238 e. The van der Waals surface area contributed by atoms with Gasteiger partial charge in [-0.25, -0.2) is 4.98 Å². The van der Waals surface area contributed by atoms with Crippen molar-refractivity contribution in [3.63, 3.8) is 0 Å². The minimum absolute atomic E-state index is 0.536. The Kier molecular flexibility index (Phi) is 8.77. The summed E-state index contributed by atoms with van der Waals surface area (Å²) < 4.78 is 4.57. The summed E-state index contributed by atoms with van der Waals surface area (Å²) in [6.07, 6.45) is 0. The lowest BCUT2D eigenvalue weighted by molar-refractivity contribution is 0.954. The molecule has 0 fully saturated rings. The maximum absolute atomic E-state index is 9.82. The Bertz CT molecular complexity index is 3750. The summed E-state index contributed by atoms with van der Waals surface area (Å²) >= 11 is 0. The Morgan fingerprint density at radius 3 is 1.56 bits per heavy atom. The van der Waals surface area contributed by atoms with Crippen LogP contribution in [-0.4, -0.2) is 24.1 Å². The van der Waals surface area contributed by atoms with Gasteiger partial charge in [0.25, 0.3) is 0 Å². The summed E-state index contributed by atoms with van der Waals surface area (Å²) in [7, 11) is 0. The van der Waals surface area contributed by atoms with Gasteiger partial charge in [-0.2, -0.15) is 15.2 Å². The van der Waals surface area contributed by atoms with E-state index in [2.05, 4.69) is 179 Å². The number of nitriles is 1. The van der Waals surface area contributed by atoms with E-state index in [-0.39, 0.29) is 0 Å². The molecule has 0 aliphatic heterocycles. The third kappa shape index (κ3) is 6.14. The topological polar surface area (TPSA) is 72.3 Å². The molecular weight excluding hydrogens is 781 g/mol. The molecule has 0 unspecified atom stereocenters. The molecule has 3 aromatic heterocycles. The van der Waals surface area contributed by atoms with Crippen molar-refractivity contribution in [2.75, 3.05) is 0 Å². The van der Waals surface area contributed by atoms with Crippen LogP contribution in [0, 0.1) is 11.3 Å². The van der Waals surface area contributed by atoms with Crippen molar-refractivity contribution in [2.45, 2.75) is 0 Å². The zero-order valence-corrected chi connectivity index (χ0v) is 34.5. The van der Waals surface area contributed by atoms with Gasteiger partial charge in [0.05, 0.1) is 39.4 Å². The highest BCUT2D eigenvalue weighted by molar-refractivity contribution is 6.14. The minimum Gasteiger partial charge on any atom is -0.309 e. The van der Waals surface area contributed by atoms with Gasteiger partial charge in [0.1, 0.15) is 0 Å². The maximum atomic E-state index is 9.82. The molecule has 12 rings (SSSR count).